The summed E-state index contributed by atoms with van der Waals surface area (Å²) in [7, 11) is 2.19. The Morgan fingerprint density at radius 2 is 1.06 bits per heavy atom. The van der Waals surface area contributed by atoms with E-state index in [1.54, 1.807) is 0 Å². The molecule has 0 aliphatic rings. The minimum Gasteiger partial charge on any atom is -0.396 e. The average molecular weight is 248 g/mol. The number of hydrogen-bond donors (Lipinski definition) is 3. The van der Waals surface area contributed by atoms with Gasteiger partial charge >= 0.3 is 0 Å². The summed E-state index contributed by atoms with van der Waals surface area (Å²) in [6.45, 7) is 3.73. The zero-order valence-corrected chi connectivity index (χ0v) is 11.3. The lowest BCUT2D eigenvalue weighted by Crippen LogP contribution is -2.47. The molecule has 104 valence electrons. The lowest BCUT2D eigenvalue weighted by atomic mass is 10.2. The molecule has 0 aliphatic heterocycles. The number of hydrogen-bond acceptors (Lipinski definition) is 3. The molecule has 0 heterocycles. The van der Waals surface area contributed by atoms with Crippen LogP contribution in [0.1, 0.15) is 38.5 Å². The standard InChI is InChI=1S/C13H30NO3/c1-14(10-13-17,8-4-2-6-11-15)9-5-3-7-12-16/h15-17H,2-13H2,1H3/q+1. The van der Waals surface area contributed by atoms with E-state index >= 15 is 0 Å². The van der Waals surface area contributed by atoms with Gasteiger partial charge in [0.15, 0.2) is 0 Å². The molecule has 0 amide bonds. The number of aliphatic hydroxyl groups excluding tert-OH is 3. The van der Waals surface area contributed by atoms with Crippen LogP contribution in [0.25, 0.3) is 0 Å². The molecule has 0 aliphatic carbocycles. The Morgan fingerprint density at radius 1 is 0.588 bits per heavy atom. The van der Waals surface area contributed by atoms with Crippen molar-refractivity contribution in [3.8, 4) is 0 Å². The van der Waals surface area contributed by atoms with Gasteiger partial charge in [-0.05, 0) is 38.5 Å². The highest BCUT2D eigenvalue weighted by Gasteiger charge is 2.19. The van der Waals surface area contributed by atoms with Crippen molar-refractivity contribution in [2.45, 2.75) is 38.5 Å². The Morgan fingerprint density at radius 3 is 1.41 bits per heavy atom. The zero-order chi connectivity index (χ0) is 13.0. The summed E-state index contributed by atoms with van der Waals surface area (Å²) in [6, 6.07) is 0. The third-order valence-corrected chi connectivity index (χ3v) is 3.35. The van der Waals surface area contributed by atoms with Gasteiger partial charge in [-0.25, -0.2) is 0 Å². The Hall–Kier alpha value is -0.160. The number of rotatable bonds is 12. The predicted octanol–water partition coefficient (Wildman–Crippen LogP) is 0.750. The Labute approximate surface area is 105 Å². The van der Waals surface area contributed by atoms with Gasteiger partial charge in [0.2, 0.25) is 0 Å². The van der Waals surface area contributed by atoms with Crippen LogP contribution in [-0.4, -0.2) is 66.3 Å². The van der Waals surface area contributed by atoms with Gasteiger partial charge in [0.25, 0.3) is 0 Å². The van der Waals surface area contributed by atoms with E-state index in [2.05, 4.69) is 7.05 Å². The van der Waals surface area contributed by atoms with Crippen molar-refractivity contribution in [1.29, 1.82) is 0 Å². The van der Waals surface area contributed by atoms with E-state index in [0.717, 1.165) is 62.6 Å². The molecule has 4 nitrogen and oxygen atoms in total. The number of quaternary nitrogens is 1. The van der Waals surface area contributed by atoms with Gasteiger partial charge in [0, 0.05) is 13.2 Å². The van der Waals surface area contributed by atoms with Crippen LogP contribution in [0.4, 0.5) is 0 Å². The molecule has 0 bridgehead atoms. The van der Waals surface area contributed by atoms with E-state index in [0.29, 0.717) is 0 Å². The van der Waals surface area contributed by atoms with Crippen molar-refractivity contribution in [2.24, 2.45) is 0 Å². The molecular formula is C13H30NO3+. The van der Waals surface area contributed by atoms with Crippen LogP contribution in [0.2, 0.25) is 0 Å². The number of unbranched alkanes of at least 4 members (excludes halogenated alkanes) is 4. The molecule has 0 spiro atoms. The molecule has 17 heavy (non-hydrogen) atoms. The second-order valence-corrected chi connectivity index (χ2v) is 5.08. The minimum absolute atomic E-state index is 0.233. The van der Waals surface area contributed by atoms with Gasteiger partial charge in [0.05, 0.1) is 26.7 Å². The summed E-state index contributed by atoms with van der Waals surface area (Å²) in [5.74, 6) is 0. The highest BCUT2D eigenvalue weighted by atomic mass is 16.3. The third-order valence-electron chi connectivity index (χ3n) is 3.35. The van der Waals surface area contributed by atoms with Crippen molar-refractivity contribution < 1.29 is 19.8 Å². The van der Waals surface area contributed by atoms with Crippen LogP contribution in [0, 0.1) is 0 Å². The summed E-state index contributed by atoms with van der Waals surface area (Å²) in [5.41, 5.74) is 0. The highest BCUT2D eigenvalue weighted by molar-refractivity contribution is 4.46. The van der Waals surface area contributed by atoms with Gasteiger partial charge in [-0.1, -0.05) is 0 Å². The SMILES string of the molecule is C[N+](CCO)(CCCCCO)CCCCCO. The smallest absolute Gasteiger partial charge is 0.102 e. The molecular weight excluding hydrogens is 218 g/mol. The van der Waals surface area contributed by atoms with Gasteiger partial charge in [-0.15, -0.1) is 0 Å². The summed E-state index contributed by atoms with van der Waals surface area (Å²) in [5, 5.41) is 26.6. The van der Waals surface area contributed by atoms with Crippen molar-refractivity contribution in [3.63, 3.8) is 0 Å². The maximum absolute atomic E-state index is 9.11. The molecule has 4 heteroatoms. The number of aliphatic hydroxyl groups is 3. The van der Waals surface area contributed by atoms with E-state index in [1.165, 1.54) is 0 Å². The summed E-state index contributed by atoms with van der Waals surface area (Å²) >= 11 is 0. The molecule has 0 atom stereocenters. The van der Waals surface area contributed by atoms with E-state index in [4.69, 9.17) is 15.3 Å². The largest absolute Gasteiger partial charge is 0.396 e. The third kappa shape index (κ3) is 9.53. The molecule has 0 aromatic heterocycles. The lowest BCUT2D eigenvalue weighted by molar-refractivity contribution is -0.910. The van der Waals surface area contributed by atoms with Crippen molar-refractivity contribution in [3.05, 3.63) is 0 Å². The second-order valence-electron chi connectivity index (χ2n) is 5.08. The van der Waals surface area contributed by atoms with Gasteiger partial charge in [-0.2, -0.15) is 0 Å². The van der Waals surface area contributed by atoms with Gasteiger partial charge in [0.1, 0.15) is 6.54 Å². The average Bonchev–Trinajstić information content (AvgIpc) is 2.31. The monoisotopic (exact) mass is 248 g/mol. The van der Waals surface area contributed by atoms with E-state index in [1.807, 2.05) is 0 Å². The van der Waals surface area contributed by atoms with Crippen molar-refractivity contribution in [2.75, 3.05) is 46.5 Å². The van der Waals surface area contributed by atoms with Crippen LogP contribution in [0.5, 0.6) is 0 Å². The molecule has 3 N–H and O–H groups in total. The molecule has 0 radical (unpaired) electrons. The normalized spacial score (nSPS) is 12.0. The van der Waals surface area contributed by atoms with E-state index in [-0.39, 0.29) is 19.8 Å². The Bertz CT molecular complexity index is 153. The fourth-order valence-corrected chi connectivity index (χ4v) is 2.14. The molecule has 0 aromatic carbocycles. The summed E-state index contributed by atoms with van der Waals surface area (Å²) in [4.78, 5) is 0. The number of nitrogens with zero attached hydrogens (tertiary/aromatic N) is 1. The maximum atomic E-state index is 9.11. The molecule has 0 fully saturated rings. The Balaban J connectivity index is 3.80. The fourth-order valence-electron chi connectivity index (χ4n) is 2.14. The summed E-state index contributed by atoms with van der Waals surface area (Å²) < 4.78 is 0.910. The number of likely N-dealkylation sites (N-methyl/N-ethyl adjacent to an activating group) is 1. The molecule has 0 saturated heterocycles. The van der Waals surface area contributed by atoms with Gasteiger partial charge < -0.3 is 19.8 Å². The van der Waals surface area contributed by atoms with E-state index in [9.17, 15) is 0 Å². The second kappa shape index (κ2) is 11.0. The van der Waals surface area contributed by atoms with Crippen LogP contribution >= 0.6 is 0 Å². The molecule has 0 rings (SSSR count). The van der Waals surface area contributed by atoms with E-state index < -0.39 is 0 Å². The molecule has 0 unspecified atom stereocenters. The van der Waals surface area contributed by atoms with Crippen LogP contribution in [0.3, 0.4) is 0 Å². The molecule has 0 saturated carbocycles. The van der Waals surface area contributed by atoms with Crippen molar-refractivity contribution in [1.82, 2.24) is 0 Å². The zero-order valence-electron chi connectivity index (χ0n) is 11.3. The van der Waals surface area contributed by atoms with Crippen LogP contribution in [-0.2, 0) is 0 Å². The van der Waals surface area contributed by atoms with Gasteiger partial charge in [-0.3, -0.25) is 0 Å². The first kappa shape index (κ1) is 16.8. The first-order valence-electron chi connectivity index (χ1n) is 6.84. The maximum Gasteiger partial charge on any atom is 0.102 e. The first-order valence-corrected chi connectivity index (χ1v) is 6.84. The first-order chi connectivity index (χ1) is 8.18. The highest BCUT2D eigenvalue weighted by Crippen LogP contribution is 2.10. The van der Waals surface area contributed by atoms with Crippen molar-refractivity contribution >= 4 is 0 Å². The van der Waals surface area contributed by atoms with Crippen LogP contribution < -0.4 is 0 Å². The van der Waals surface area contributed by atoms with Crippen LogP contribution in [0.15, 0.2) is 0 Å². The Kier molecular flexibility index (Phi) is 10.9. The summed E-state index contributed by atoms with van der Waals surface area (Å²) in [6.07, 6.45) is 6.10. The minimum atomic E-state index is 0.233. The predicted molar refractivity (Wildman–Crippen MR) is 69.7 cm³/mol. The lowest BCUT2D eigenvalue weighted by Gasteiger charge is -2.34. The topological polar surface area (TPSA) is 60.7 Å². The quantitative estimate of drug-likeness (QED) is 0.353. The molecule has 0 aromatic rings. The fraction of sp³-hybridized carbons (Fsp3) is 1.00.